The molecule has 4 rings (SSSR count). The second-order valence-electron chi connectivity index (χ2n) is 5.77. The van der Waals surface area contributed by atoms with Crippen LogP contribution in [0.15, 0.2) is 85.1 Å². The third-order valence-electron chi connectivity index (χ3n) is 4.30. The molecule has 1 nitrogen and oxygen atoms in total. The van der Waals surface area contributed by atoms with Crippen LogP contribution < -0.4 is 0 Å². The van der Waals surface area contributed by atoms with Crippen molar-refractivity contribution >= 4 is 10.8 Å². The second-order valence-corrected chi connectivity index (χ2v) is 5.77. The smallest absolute Gasteiger partial charge is 0.0737 e. The Kier molecular flexibility index (Phi) is 3.39. The van der Waals surface area contributed by atoms with Crippen LogP contribution in [0.25, 0.3) is 33.2 Å². The molecule has 0 saturated heterocycles. The van der Waals surface area contributed by atoms with E-state index in [0.717, 1.165) is 11.3 Å². The quantitative estimate of drug-likeness (QED) is 0.450. The summed E-state index contributed by atoms with van der Waals surface area (Å²) in [5.41, 5.74) is 5.90. The zero-order valence-corrected chi connectivity index (χ0v) is 13.0. The molecule has 0 bridgehead atoms. The number of rotatable bonds is 2. The number of hydrogen-bond acceptors (Lipinski definition) is 1. The van der Waals surface area contributed by atoms with Crippen molar-refractivity contribution in [2.45, 2.75) is 6.92 Å². The molecule has 0 radical (unpaired) electrons. The number of aryl methyl sites for hydroxylation is 1. The fourth-order valence-corrected chi connectivity index (χ4v) is 3.08. The maximum Gasteiger partial charge on any atom is 0.0737 e. The van der Waals surface area contributed by atoms with Gasteiger partial charge in [0.2, 0.25) is 0 Å². The van der Waals surface area contributed by atoms with E-state index < -0.39 is 0 Å². The molecule has 0 amide bonds. The van der Waals surface area contributed by atoms with Gasteiger partial charge in [-0.1, -0.05) is 72.8 Å². The fourth-order valence-electron chi connectivity index (χ4n) is 3.08. The summed E-state index contributed by atoms with van der Waals surface area (Å²) in [6, 6.07) is 27.5. The fraction of sp³-hybridized carbons (Fsp3) is 0.0455. The van der Waals surface area contributed by atoms with Gasteiger partial charge in [0.05, 0.1) is 5.69 Å². The van der Waals surface area contributed by atoms with Gasteiger partial charge in [-0.3, -0.25) is 4.98 Å². The highest BCUT2D eigenvalue weighted by molar-refractivity contribution is 5.89. The molecule has 0 unspecified atom stereocenters. The minimum absolute atomic E-state index is 1.06. The molecule has 1 aromatic heterocycles. The van der Waals surface area contributed by atoms with E-state index in [1.54, 1.807) is 0 Å². The van der Waals surface area contributed by atoms with Gasteiger partial charge >= 0.3 is 0 Å². The standard InChI is InChI=1S/C22H17N/c1-16-21-13-6-5-10-20(21)15-23-22(16)19-12-7-11-18(14-19)17-8-3-2-4-9-17/h2-15H,1H3. The topological polar surface area (TPSA) is 12.9 Å². The molecule has 1 heteroatoms. The van der Waals surface area contributed by atoms with Crippen LogP contribution in [0.2, 0.25) is 0 Å². The largest absolute Gasteiger partial charge is 0.255 e. The zero-order valence-electron chi connectivity index (χ0n) is 13.0. The molecule has 4 aromatic rings. The summed E-state index contributed by atoms with van der Waals surface area (Å²) in [4.78, 5) is 4.71. The molecular formula is C22H17N. The van der Waals surface area contributed by atoms with Crippen LogP contribution in [0.3, 0.4) is 0 Å². The van der Waals surface area contributed by atoms with E-state index in [-0.39, 0.29) is 0 Å². The molecule has 0 N–H and O–H groups in total. The summed E-state index contributed by atoms with van der Waals surface area (Å²) in [6.07, 6.45) is 1.97. The monoisotopic (exact) mass is 295 g/mol. The zero-order chi connectivity index (χ0) is 15.6. The first-order valence-corrected chi connectivity index (χ1v) is 7.83. The highest BCUT2D eigenvalue weighted by Gasteiger charge is 2.08. The van der Waals surface area contributed by atoms with Crippen molar-refractivity contribution in [3.05, 3.63) is 90.6 Å². The SMILES string of the molecule is Cc1c(-c2cccc(-c3ccccc3)c2)ncc2ccccc12. The van der Waals surface area contributed by atoms with Gasteiger partial charge in [-0.15, -0.1) is 0 Å². The van der Waals surface area contributed by atoms with Crippen LogP contribution in [-0.2, 0) is 0 Å². The predicted octanol–water partition coefficient (Wildman–Crippen LogP) is 5.88. The Hall–Kier alpha value is -2.93. The van der Waals surface area contributed by atoms with Crippen molar-refractivity contribution in [3.63, 3.8) is 0 Å². The molecule has 1 heterocycles. The highest BCUT2D eigenvalue weighted by atomic mass is 14.7. The Morgan fingerprint density at radius 1 is 0.652 bits per heavy atom. The average Bonchev–Trinajstić information content (AvgIpc) is 2.63. The van der Waals surface area contributed by atoms with Crippen molar-refractivity contribution in [2.24, 2.45) is 0 Å². The lowest BCUT2D eigenvalue weighted by Crippen LogP contribution is -1.90. The summed E-state index contributed by atoms with van der Waals surface area (Å²) < 4.78 is 0. The number of aromatic nitrogens is 1. The number of nitrogens with zero attached hydrogens (tertiary/aromatic N) is 1. The van der Waals surface area contributed by atoms with Crippen molar-refractivity contribution in [3.8, 4) is 22.4 Å². The molecule has 23 heavy (non-hydrogen) atoms. The van der Waals surface area contributed by atoms with Gasteiger partial charge in [0.1, 0.15) is 0 Å². The number of benzene rings is 3. The van der Waals surface area contributed by atoms with Crippen LogP contribution in [0, 0.1) is 6.92 Å². The lowest BCUT2D eigenvalue weighted by molar-refractivity contribution is 1.31. The Bertz CT molecular complexity index is 971. The maximum atomic E-state index is 4.71. The van der Waals surface area contributed by atoms with E-state index in [2.05, 4.69) is 79.7 Å². The number of pyridine rings is 1. The maximum absolute atomic E-state index is 4.71. The molecular weight excluding hydrogens is 278 g/mol. The molecule has 0 saturated carbocycles. The minimum atomic E-state index is 1.06. The third kappa shape index (κ3) is 2.51. The van der Waals surface area contributed by atoms with Crippen molar-refractivity contribution < 1.29 is 0 Å². The minimum Gasteiger partial charge on any atom is -0.255 e. The summed E-state index contributed by atoms with van der Waals surface area (Å²) in [6.45, 7) is 2.15. The first-order chi connectivity index (χ1) is 11.3. The lowest BCUT2D eigenvalue weighted by Gasteiger charge is -2.10. The van der Waals surface area contributed by atoms with Gasteiger partial charge < -0.3 is 0 Å². The molecule has 0 fully saturated rings. The second kappa shape index (κ2) is 5.69. The van der Waals surface area contributed by atoms with Crippen LogP contribution in [0.4, 0.5) is 0 Å². The van der Waals surface area contributed by atoms with Gasteiger partial charge in [-0.2, -0.15) is 0 Å². The first kappa shape index (κ1) is 13.7. The van der Waals surface area contributed by atoms with Gasteiger partial charge in [-0.05, 0) is 35.1 Å². The summed E-state index contributed by atoms with van der Waals surface area (Å²) in [7, 11) is 0. The third-order valence-corrected chi connectivity index (χ3v) is 4.30. The molecule has 0 aliphatic heterocycles. The summed E-state index contributed by atoms with van der Waals surface area (Å²) in [5.74, 6) is 0. The normalized spacial score (nSPS) is 10.8. The Morgan fingerprint density at radius 2 is 1.35 bits per heavy atom. The van der Waals surface area contributed by atoms with Gasteiger partial charge in [0, 0.05) is 17.1 Å². The van der Waals surface area contributed by atoms with E-state index >= 15 is 0 Å². The predicted molar refractivity (Wildman–Crippen MR) is 97.4 cm³/mol. The molecule has 0 aliphatic rings. The van der Waals surface area contributed by atoms with E-state index in [0.29, 0.717) is 0 Å². The first-order valence-electron chi connectivity index (χ1n) is 7.83. The van der Waals surface area contributed by atoms with E-state index in [1.165, 1.54) is 27.5 Å². The number of hydrogen-bond donors (Lipinski definition) is 0. The van der Waals surface area contributed by atoms with E-state index in [4.69, 9.17) is 4.98 Å². The molecule has 0 atom stereocenters. The average molecular weight is 295 g/mol. The van der Waals surface area contributed by atoms with Crippen LogP contribution in [0.5, 0.6) is 0 Å². The van der Waals surface area contributed by atoms with Crippen LogP contribution >= 0.6 is 0 Å². The van der Waals surface area contributed by atoms with Gasteiger partial charge in [-0.25, -0.2) is 0 Å². The van der Waals surface area contributed by atoms with Gasteiger partial charge in [0.15, 0.2) is 0 Å². The Labute approximate surface area is 136 Å². The van der Waals surface area contributed by atoms with Crippen molar-refractivity contribution in [1.29, 1.82) is 0 Å². The van der Waals surface area contributed by atoms with Crippen LogP contribution in [-0.4, -0.2) is 4.98 Å². The van der Waals surface area contributed by atoms with Crippen LogP contribution in [0.1, 0.15) is 5.56 Å². The highest BCUT2D eigenvalue weighted by Crippen LogP contribution is 2.30. The molecule has 0 aliphatic carbocycles. The molecule has 3 aromatic carbocycles. The molecule has 110 valence electrons. The van der Waals surface area contributed by atoms with Crippen molar-refractivity contribution in [1.82, 2.24) is 4.98 Å². The Morgan fingerprint density at radius 3 is 2.22 bits per heavy atom. The van der Waals surface area contributed by atoms with Gasteiger partial charge in [0.25, 0.3) is 0 Å². The summed E-state index contributed by atoms with van der Waals surface area (Å²) in [5, 5.41) is 2.45. The van der Waals surface area contributed by atoms with E-state index in [9.17, 15) is 0 Å². The number of fused-ring (bicyclic) bond motifs is 1. The Balaban J connectivity index is 1.87. The lowest BCUT2D eigenvalue weighted by atomic mass is 9.97. The summed E-state index contributed by atoms with van der Waals surface area (Å²) >= 11 is 0. The van der Waals surface area contributed by atoms with Crippen molar-refractivity contribution in [2.75, 3.05) is 0 Å². The molecule has 0 spiro atoms. The van der Waals surface area contributed by atoms with E-state index in [1.807, 2.05) is 12.3 Å².